The average molecular weight is 261 g/mol. The van der Waals surface area contributed by atoms with Crippen LogP contribution in [0.15, 0.2) is 18.3 Å². The third kappa shape index (κ3) is 3.45. The second-order valence-electron chi connectivity index (χ2n) is 5.62. The number of nitrogens with zero attached hydrogens (tertiary/aromatic N) is 2. The molecule has 0 amide bonds. The molecule has 0 atom stereocenters. The van der Waals surface area contributed by atoms with Crippen molar-refractivity contribution in [1.29, 1.82) is 0 Å². The van der Waals surface area contributed by atoms with Gasteiger partial charge in [0.25, 0.3) is 0 Å². The molecule has 4 nitrogen and oxygen atoms in total. The molecule has 1 aromatic heterocycles. The number of pyridine rings is 1. The van der Waals surface area contributed by atoms with Crippen molar-refractivity contribution in [2.45, 2.75) is 44.3 Å². The Morgan fingerprint density at radius 3 is 2.84 bits per heavy atom. The van der Waals surface area contributed by atoms with Crippen LogP contribution in [-0.2, 0) is 11.3 Å². The van der Waals surface area contributed by atoms with Crippen molar-refractivity contribution in [2.75, 3.05) is 25.2 Å². The summed E-state index contributed by atoms with van der Waals surface area (Å²) in [5, 5.41) is 3.52. The summed E-state index contributed by atoms with van der Waals surface area (Å²) in [6, 6.07) is 5.65. The molecule has 0 spiro atoms. The van der Waals surface area contributed by atoms with Crippen LogP contribution in [0, 0.1) is 0 Å². The number of anilines is 1. The van der Waals surface area contributed by atoms with Gasteiger partial charge in [-0.25, -0.2) is 0 Å². The average Bonchev–Trinajstić information content (AvgIpc) is 3.30. The van der Waals surface area contributed by atoms with E-state index in [1.165, 1.54) is 18.5 Å². The zero-order chi connectivity index (χ0) is 13.1. The summed E-state index contributed by atoms with van der Waals surface area (Å²) in [5.74, 6) is 0. The fourth-order valence-corrected chi connectivity index (χ4v) is 2.60. The molecule has 1 saturated carbocycles. The molecule has 104 valence electrons. The molecule has 3 rings (SSSR count). The Balaban J connectivity index is 1.63. The van der Waals surface area contributed by atoms with Crippen LogP contribution in [0.25, 0.3) is 0 Å². The van der Waals surface area contributed by atoms with Crippen molar-refractivity contribution in [3.63, 3.8) is 0 Å². The number of nitrogens with one attached hydrogen (secondary N) is 1. The zero-order valence-corrected chi connectivity index (χ0v) is 11.6. The molecule has 4 heteroatoms. The molecule has 0 bridgehead atoms. The fourth-order valence-electron chi connectivity index (χ4n) is 2.60. The van der Waals surface area contributed by atoms with Crippen molar-refractivity contribution in [3.8, 4) is 0 Å². The van der Waals surface area contributed by atoms with Crippen LogP contribution in [0.4, 0.5) is 5.69 Å². The summed E-state index contributed by atoms with van der Waals surface area (Å²) in [6.07, 6.45) is 6.81. The van der Waals surface area contributed by atoms with Gasteiger partial charge in [-0.2, -0.15) is 0 Å². The van der Waals surface area contributed by atoms with Gasteiger partial charge in [0.05, 0.1) is 5.69 Å². The highest BCUT2D eigenvalue weighted by Gasteiger charge is 2.21. The summed E-state index contributed by atoms with van der Waals surface area (Å²) in [4.78, 5) is 6.83. The van der Waals surface area contributed by atoms with Gasteiger partial charge >= 0.3 is 0 Å². The number of hydrogen-bond acceptors (Lipinski definition) is 4. The Morgan fingerprint density at radius 1 is 1.32 bits per heavy atom. The first-order valence-electron chi connectivity index (χ1n) is 7.32. The summed E-state index contributed by atoms with van der Waals surface area (Å²) in [6.45, 7) is 2.66. The van der Waals surface area contributed by atoms with Crippen LogP contribution in [-0.4, -0.2) is 37.3 Å². The van der Waals surface area contributed by atoms with E-state index in [9.17, 15) is 0 Å². The molecule has 1 aliphatic heterocycles. The van der Waals surface area contributed by atoms with Crippen LogP contribution >= 0.6 is 0 Å². The predicted octanol–water partition coefficient (Wildman–Crippen LogP) is 1.95. The zero-order valence-electron chi connectivity index (χ0n) is 11.6. The summed E-state index contributed by atoms with van der Waals surface area (Å²) < 4.78 is 5.43. The van der Waals surface area contributed by atoms with Crippen molar-refractivity contribution in [2.24, 2.45) is 0 Å². The van der Waals surface area contributed by atoms with Crippen LogP contribution in [0.1, 0.15) is 31.4 Å². The highest BCUT2D eigenvalue weighted by Crippen LogP contribution is 2.22. The monoisotopic (exact) mass is 261 g/mol. The Bertz CT molecular complexity index is 414. The van der Waals surface area contributed by atoms with Gasteiger partial charge in [0, 0.05) is 50.8 Å². The van der Waals surface area contributed by atoms with Gasteiger partial charge in [-0.05, 0) is 37.8 Å². The van der Waals surface area contributed by atoms with Crippen molar-refractivity contribution in [3.05, 3.63) is 24.0 Å². The van der Waals surface area contributed by atoms with E-state index >= 15 is 0 Å². The molecule has 19 heavy (non-hydrogen) atoms. The molecular weight excluding hydrogens is 238 g/mol. The Morgan fingerprint density at radius 2 is 2.11 bits per heavy atom. The minimum atomic E-state index is 0.598. The first kappa shape index (κ1) is 12.9. The lowest BCUT2D eigenvalue weighted by Crippen LogP contribution is -2.36. The summed E-state index contributed by atoms with van der Waals surface area (Å²) in [7, 11) is 2.18. The molecule has 1 saturated heterocycles. The molecule has 2 heterocycles. The largest absolute Gasteiger partial charge is 0.381 e. The maximum Gasteiger partial charge on any atom is 0.0562 e. The van der Waals surface area contributed by atoms with E-state index in [4.69, 9.17) is 4.74 Å². The molecule has 2 fully saturated rings. The van der Waals surface area contributed by atoms with E-state index in [2.05, 4.69) is 34.4 Å². The van der Waals surface area contributed by atoms with Crippen molar-refractivity contribution >= 4 is 5.69 Å². The number of ether oxygens (including phenoxy) is 1. The molecule has 1 aliphatic carbocycles. The number of rotatable bonds is 5. The van der Waals surface area contributed by atoms with Crippen LogP contribution in [0.2, 0.25) is 0 Å². The quantitative estimate of drug-likeness (QED) is 0.879. The van der Waals surface area contributed by atoms with Gasteiger partial charge in [0.1, 0.15) is 0 Å². The van der Waals surface area contributed by atoms with E-state index in [-0.39, 0.29) is 0 Å². The molecule has 1 aromatic rings. The highest BCUT2D eigenvalue weighted by atomic mass is 16.5. The van der Waals surface area contributed by atoms with E-state index in [0.717, 1.165) is 44.3 Å². The molecule has 1 N–H and O–H groups in total. The number of aromatic nitrogens is 1. The topological polar surface area (TPSA) is 37.4 Å². The van der Waals surface area contributed by atoms with Crippen molar-refractivity contribution in [1.82, 2.24) is 10.3 Å². The second-order valence-corrected chi connectivity index (χ2v) is 5.62. The van der Waals surface area contributed by atoms with Gasteiger partial charge in [0.15, 0.2) is 0 Å². The van der Waals surface area contributed by atoms with Gasteiger partial charge in [-0.1, -0.05) is 0 Å². The predicted molar refractivity (Wildman–Crippen MR) is 76.3 cm³/mol. The maximum absolute atomic E-state index is 5.43. The fraction of sp³-hybridized carbons (Fsp3) is 0.667. The lowest BCUT2D eigenvalue weighted by atomic mass is 10.1. The van der Waals surface area contributed by atoms with E-state index in [0.29, 0.717) is 6.04 Å². The molecule has 2 aliphatic rings. The van der Waals surface area contributed by atoms with E-state index in [1.54, 1.807) is 0 Å². The van der Waals surface area contributed by atoms with Gasteiger partial charge in [-0.3, -0.25) is 4.98 Å². The van der Waals surface area contributed by atoms with Gasteiger partial charge in [0.2, 0.25) is 0 Å². The van der Waals surface area contributed by atoms with Crippen LogP contribution in [0.5, 0.6) is 0 Å². The van der Waals surface area contributed by atoms with Crippen molar-refractivity contribution < 1.29 is 4.74 Å². The lowest BCUT2D eigenvalue weighted by Gasteiger charge is -2.33. The highest BCUT2D eigenvalue weighted by molar-refractivity contribution is 5.46. The lowest BCUT2D eigenvalue weighted by molar-refractivity contribution is 0.0855. The Hall–Kier alpha value is -1.13. The maximum atomic E-state index is 5.43. The Labute approximate surface area is 115 Å². The summed E-state index contributed by atoms with van der Waals surface area (Å²) in [5.41, 5.74) is 2.41. The third-order valence-electron chi connectivity index (χ3n) is 4.10. The Kier molecular flexibility index (Phi) is 3.99. The van der Waals surface area contributed by atoms with Crippen LogP contribution < -0.4 is 10.2 Å². The number of hydrogen-bond donors (Lipinski definition) is 1. The van der Waals surface area contributed by atoms with Gasteiger partial charge < -0.3 is 15.0 Å². The smallest absolute Gasteiger partial charge is 0.0562 e. The summed E-state index contributed by atoms with van der Waals surface area (Å²) >= 11 is 0. The normalized spacial score (nSPS) is 20.5. The molecule has 0 aromatic carbocycles. The van der Waals surface area contributed by atoms with E-state index < -0.39 is 0 Å². The standard InChI is InChI=1S/C15H23N3O/c1-18(14-5-8-19-9-6-14)15-4-7-16-13(10-15)11-17-12-2-3-12/h4,7,10,12,14,17H,2-3,5-6,8-9,11H2,1H3. The molecule has 0 unspecified atom stereocenters. The SMILES string of the molecule is CN(c1ccnc(CNC2CC2)c1)C1CCOCC1. The second kappa shape index (κ2) is 5.88. The molecule has 0 radical (unpaired) electrons. The van der Waals surface area contributed by atoms with E-state index in [1.807, 2.05) is 6.20 Å². The molecular formula is C15H23N3O. The minimum absolute atomic E-state index is 0.598. The minimum Gasteiger partial charge on any atom is -0.381 e. The first-order valence-corrected chi connectivity index (χ1v) is 7.32. The van der Waals surface area contributed by atoms with Gasteiger partial charge in [-0.15, -0.1) is 0 Å². The third-order valence-corrected chi connectivity index (χ3v) is 4.10. The van der Waals surface area contributed by atoms with Crippen LogP contribution in [0.3, 0.4) is 0 Å². The first-order chi connectivity index (χ1) is 9.33.